The summed E-state index contributed by atoms with van der Waals surface area (Å²) in [7, 11) is 0. The maximum atomic E-state index is 6.16. The Morgan fingerprint density at radius 1 is 0.447 bits per heavy atom. The van der Waals surface area contributed by atoms with E-state index >= 15 is 0 Å². The van der Waals surface area contributed by atoms with E-state index < -0.39 is 0 Å². The minimum atomic E-state index is -0.327. The molecule has 1 heterocycles. The van der Waals surface area contributed by atoms with Crippen molar-refractivity contribution in [2.24, 2.45) is 0 Å². The monoisotopic (exact) mass is 982 g/mol. The predicted octanol–water partition coefficient (Wildman–Crippen LogP) is 19.8. The average molecular weight is 983 g/mol. The van der Waals surface area contributed by atoms with Crippen molar-refractivity contribution in [3.05, 3.63) is 283 Å². The van der Waals surface area contributed by atoms with Crippen LogP contribution in [0.5, 0.6) is 5.75 Å². The fraction of sp³-hybridized carbons (Fsp3) is 0.123. The standard InChI is InChI=1S/C73H62N2O/c1-5-53-27-31-55(32-28-53)57-35-43-71-66(48-57)67-49-58(36-44-72(67)75(71)60-21-13-10-14-22-60)56-33-37-61(38-34-56)74(59-19-11-9-12-20-59)62-39-42-65-64-23-15-16-24-68(64)73(70(65)50-62,69-47-51(3)25-26-52(69)4)45-17-7-8-18-46-76-63-40-29-54(6-2)30-41-63/h5-6,9-16,19-44,47-50H,1-2,7-8,17-18,45-46H2,3-4H3. The molecule has 1 aromatic heterocycles. The third kappa shape index (κ3) is 8.92. The van der Waals surface area contributed by atoms with Crippen LogP contribution in [-0.2, 0) is 5.41 Å². The molecule has 11 aromatic rings. The Balaban J connectivity index is 0.904. The molecule has 0 fully saturated rings. The first-order valence-electron chi connectivity index (χ1n) is 26.9. The van der Waals surface area contributed by atoms with Crippen LogP contribution in [0.15, 0.2) is 244 Å². The Morgan fingerprint density at radius 3 is 1.67 bits per heavy atom. The van der Waals surface area contributed by atoms with Crippen LogP contribution in [0.1, 0.15) is 71.0 Å². The van der Waals surface area contributed by atoms with Gasteiger partial charge in [-0.3, -0.25) is 0 Å². The molecule has 76 heavy (non-hydrogen) atoms. The highest BCUT2D eigenvalue weighted by Crippen LogP contribution is 2.57. The molecule has 0 radical (unpaired) electrons. The summed E-state index contributed by atoms with van der Waals surface area (Å²) in [5.41, 5.74) is 22.9. The highest BCUT2D eigenvalue weighted by atomic mass is 16.5. The van der Waals surface area contributed by atoms with Gasteiger partial charge >= 0.3 is 0 Å². The van der Waals surface area contributed by atoms with Gasteiger partial charge in [0, 0.05) is 38.9 Å². The highest BCUT2D eigenvalue weighted by molar-refractivity contribution is 6.11. The zero-order valence-corrected chi connectivity index (χ0v) is 43.6. The second-order valence-corrected chi connectivity index (χ2v) is 20.5. The third-order valence-electron chi connectivity index (χ3n) is 15.8. The Bertz CT molecular complexity index is 3890. The normalized spacial score (nSPS) is 13.6. The van der Waals surface area contributed by atoms with Crippen LogP contribution in [0.3, 0.4) is 0 Å². The molecule has 0 spiro atoms. The number of anilines is 3. The molecule has 0 bridgehead atoms. The molecule has 1 aliphatic carbocycles. The van der Waals surface area contributed by atoms with E-state index in [9.17, 15) is 0 Å². The average Bonchev–Trinajstić information content (AvgIpc) is 4.02. The topological polar surface area (TPSA) is 17.4 Å². The lowest BCUT2D eigenvalue weighted by atomic mass is 9.67. The molecule has 0 saturated carbocycles. The molecule has 1 unspecified atom stereocenters. The Morgan fingerprint density at radius 2 is 1.00 bits per heavy atom. The van der Waals surface area contributed by atoms with Crippen LogP contribution >= 0.6 is 0 Å². The van der Waals surface area contributed by atoms with Crippen LogP contribution in [0, 0.1) is 13.8 Å². The molecule has 3 heteroatoms. The van der Waals surface area contributed by atoms with Gasteiger partial charge in [-0.05, 0) is 178 Å². The third-order valence-corrected chi connectivity index (χ3v) is 15.8. The summed E-state index contributed by atoms with van der Waals surface area (Å²) in [6.07, 6.45) is 9.11. The minimum absolute atomic E-state index is 0.327. The molecule has 0 N–H and O–H groups in total. The van der Waals surface area contributed by atoms with Crippen molar-refractivity contribution in [2.45, 2.75) is 51.4 Å². The SMILES string of the molecule is C=Cc1ccc(OCCCCCCC2(c3cc(C)ccc3C)c3ccccc3-c3ccc(N(c4ccccc4)c4ccc(-c5ccc6c(c5)c5cc(-c7ccc(C=C)cc7)ccc5n6-c5ccccc5)cc4)cc32)cc1. The lowest BCUT2D eigenvalue weighted by Crippen LogP contribution is -2.28. The Kier molecular flexibility index (Phi) is 13.1. The first kappa shape index (κ1) is 48.0. The highest BCUT2D eigenvalue weighted by Gasteiger charge is 2.45. The fourth-order valence-electron chi connectivity index (χ4n) is 12.0. The van der Waals surface area contributed by atoms with Crippen LogP contribution in [0.4, 0.5) is 17.1 Å². The summed E-state index contributed by atoms with van der Waals surface area (Å²) >= 11 is 0. The van der Waals surface area contributed by atoms with Crippen molar-refractivity contribution in [1.29, 1.82) is 0 Å². The quantitative estimate of drug-likeness (QED) is 0.0846. The number of ether oxygens (including phenoxy) is 1. The number of nitrogens with zero attached hydrogens (tertiary/aromatic N) is 2. The van der Waals surface area contributed by atoms with Gasteiger partial charge in [0.2, 0.25) is 0 Å². The van der Waals surface area contributed by atoms with E-state index in [0.717, 1.165) is 71.7 Å². The van der Waals surface area contributed by atoms with Gasteiger partial charge in [0.1, 0.15) is 5.75 Å². The van der Waals surface area contributed by atoms with Gasteiger partial charge in [-0.25, -0.2) is 0 Å². The molecule has 0 amide bonds. The number of fused-ring (bicyclic) bond motifs is 6. The molecule has 3 nitrogen and oxygen atoms in total. The lowest BCUT2D eigenvalue weighted by molar-refractivity contribution is 0.303. The maximum absolute atomic E-state index is 6.16. The van der Waals surface area contributed by atoms with Gasteiger partial charge in [-0.2, -0.15) is 0 Å². The Hall–Kier alpha value is -8.92. The molecule has 0 saturated heterocycles. The molecule has 10 aromatic carbocycles. The number of para-hydroxylation sites is 2. The minimum Gasteiger partial charge on any atom is -0.494 e. The second kappa shape index (κ2) is 20.8. The van der Waals surface area contributed by atoms with Crippen molar-refractivity contribution in [3.8, 4) is 44.8 Å². The molecular weight excluding hydrogens is 921 g/mol. The van der Waals surface area contributed by atoms with Crippen molar-refractivity contribution >= 4 is 51.0 Å². The number of hydrogen-bond donors (Lipinski definition) is 0. The summed E-state index contributed by atoms with van der Waals surface area (Å²) in [6.45, 7) is 13.1. The zero-order valence-electron chi connectivity index (χ0n) is 43.6. The molecule has 1 aliphatic rings. The van der Waals surface area contributed by atoms with E-state index in [1.54, 1.807) is 0 Å². The van der Waals surface area contributed by atoms with Crippen molar-refractivity contribution in [3.63, 3.8) is 0 Å². The van der Waals surface area contributed by atoms with E-state index in [1.165, 1.54) is 83.0 Å². The van der Waals surface area contributed by atoms with E-state index in [1.807, 2.05) is 24.3 Å². The van der Waals surface area contributed by atoms with E-state index in [2.05, 4.69) is 255 Å². The van der Waals surface area contributed by atoms with Crippen LogP contribution in [0.25, 0.3) is 73.0 Å². The van der Waals surface area contributed by atoms with Crippen molar-refractivity contribution in [1.82, 2.24) is 4.57 Å². The molecule has 370 valence electrons. The number of rotatable bonds is 17. The van der Waals surface area contributed by atoms with Gasteiger partial charge < -0.3 is 14.2 Å². The van der Waals surface area contributed by atoms with E-state index in [0.29, 0.717) is 6.61 Å². The summed E-state index contributed by atoms with van der Waals surface area (Å²) in [5, 5.41) is 2.45. The van der Waals surface area contributed by atoms with Crippen molar-refractivity contribution in [2.75, 3.05) is 11.5 Å². The summed E-state index contributed by atoms with van der Waals surface area (Å²) in [6, 6.07) is 84.9. The summed E-state index contributed by atoms with van der Waals surface area (Å²) < 4.78 is 8.55. The maximum Gasteiger partial charge on any atom is 0.119 e. The largest absolute Gasteiger partial charge is 0.494 e. The van der Waals surface area contributed by atoms with E-state index in [-0.39, 0.29) is 5.41 Å². The van der Waals surface area contributed by atoms with Gasteiger partial charge in [-0.15, -0.1) is 0 Å². The fourth-order valence-corrected chi connectivity index (χ4v) is 12.0. The zero-order chi connectivity index (χ0) is 51.6. The predicted molar refractivity (Wildman–Crippen MR) is 323 cm³/mol. The van der Waals surface area contributed by atoms with Crippen LogP contribution in [-0.4, -0.2) is 11.2 Å². The van der Waals surface area contributed by atoms with Gasteiger partial charge in [0.25, 0.3) is 0 Å². The molecular formula is C73H62N2O. The first-order valence-corrected chi connectivity index (χ1v) is 26.9. The molecule has 0 aliphatic heterocycles. The Labute approximate surface area is 448 Å². The second-order valence-electron chi connectivity index (χ2n) is 20.5. The summed E-state index contributed by atoms with van der Waals surface area (Å²) in [4.78, 5) is 2.44. The lowest BCUT2D eigenvalue weighted by Gasteiger charge is -2.36. The number of aryl methyl sites for hydroxylation is 2. The first-order chi connectivity index (χ1) is 37.4. The summed E-state index contributed by atoms with van der Waals surface area (Å²) in [5.74, 6) is 0.915. The number of aromatic nitrogens is 1. The van der Waals surface area contributed by atoms with Gasteiger partial charge in [0.15, 0.2) is 0 Å². The van der Waals surface area contributed by atoms with Gasteiger partial charge in [-0.1, -0.05) is 196 Å². The van der Waals surface area contributed by atoms with Crippen LogP contribution < -0.4 is 9.64 Å². The number of benzene rings is 10. The smallest absolute Gasteiger partial charge is 0.119 e. The molecule has 1 atom stereocenters. The van der Waals surface area contributed by atoms with E-state index in [4.69, 9.17) is 4.74 Å². The number of hydrogen-bond acceptors (Lipinski definition) is 2. The van der Waals surface area contributed by atoms with Crippen LogP contribution in [0.2, 0.25) is 0 Å². The molecule has 12 rings (SSSR count). The number of unbranched alkanes of at least 4 members (excludes halogenated alkanes) is 3. The van der Waals surface area contributed by atoms with Crippen molar-refractivity contribution < 1.29 is 4.74 Å². The van der Waals surface area contributed by atoms with Gasteiger partial charge in [0.05, 0.1) is 17.6 Å².